The van der Waals surface area contributed by atoms with Crippen LogP contribution < -0.4 is 0 Å². The molecular formula is C16H19FN2O2. The minimum Gasteiger partial charge on any atom is -0.378 e. The second kappa shape index (κ2) is 5.72. The molecule has 0 aliphatic carbocycles. The molecular weight excluding hydrogens is 271 g/mol. The molecule has 0 radical (unpaired) electrons. The Bertz CT molecular complexity index is 564. The fraction of sp³-hybridized carbons (Fsp3) is 0.562. The lowest BCUT2D eigenvalue weighted by molar-refractivity contribution is -0.149. The maximum absolute atomic E-state index is 14.0. The van der Waals surface area contributed by atoms with Crippen LogP contribution in [0, 0.1) is 17.1 Å². The van der Waals surface area contributed by atoms with Crippen molar-refractivity contribution in [2.24, 2.45) is 0 Å². The van der Waals surface area contributed by atoms with Gasteiger partial charge in [-0.15, -0.1) is 0 Å². The van der Waals surface area contributed by atoms with Gasteiger partial charge < -0.3 is 9.47 Å². The van der Waals surface area contributed by atoms with Gasteiger partial charge in [-0.25, -0.2) is 4.39 Å². The molecule has 0 N–H and O–H groups in total. The molecule has 2 fully saturated rings. The number of hydrogen-bond donors (Lipinski definition) is 0. The Labute approximate surface area is 124 Å². The van der Waals surface area contributed by atoms with Crippen LogP contribution in [0.3, 0.4) is 0 Å². The van der Waals surface area contributed by atoms with Crippen molar-refractivity contribution in [2.45, 2.75) is 31.6 Å². The Morgan fingerprint density at radius 3 is 3.05 bits per heavy atom. The summed E-state index contributed by atoms with van der Waals surface area (Å²) in [6, 6.07) is 6.62. The van der Waals surface area contributed by atoms with Crippen LogP contribution >= 0.6 is 0 Å². The number of ether oxygens (including phenoxy) is 2. The average Bonchev–Trinajstić information content (AvgIpc) is 2.87. The van der Waals surface area contributed by atoms with Crippen molar-refractivity contribution in [1.29, 1.82) is 5.26 Å². The van der Waals surface area contributed by atoms with E-state index >= 15 is 0 Å². The van der Waals surface area contributed by atoms with Gasteiger partial charge in [0.1, 0.15) is 11.4 Å². The van der Waals surface area contributed by atoms with Crippen LogP contribution in [0.2, 0.25) is 0 Å². The molecule has 1 aromatic carbocycles. The van der Waals surface area contributed by atoms with Gasteiger partial charge in [-0.2, -0.15) is 5.26 Å². The quantitative estimate of drug-likeness (QED) is 0.836. The van der Waals surface area contributed by atoms with E-state index in [0.29, 0.717) is 24.3 Å². The predicted molar refractivity (Wildman–Crippen MR) is 75.1 cm³/mol. The predicted octanol–water partition coefficient (Wildman–Crippen LogP) is 2.08. The van der Waals surface area contributed by atoms with Gasteiger partial charge in [0.15, 0.2) is 0 Å². The van der Waals surface area contributed by atoms with Crippen molar-refractivity contribution in [3.63, 3.8) is 0 Å². The van der Waals surface area contributed by atoms with E-state index in [2.05, 4.69) is 4.90 Å². The monoisotopic (exact) mass is 290 g/mol. The highest BCUT2D eigenvalue weighted by atomic mass is 19.1. The van der Waals surface area contributed by atoms with Gasteiger partial charge >= 0.3 is 0 Å². The third-order valence-electron chi connectivity index (χ3n) is 4.12. The van der Waals surface area contributed by atoms with E-state index in [1.165, 1.54) is 6.07 Å². The minimum absolute atomic E-state index is 0.113. The summed E-state index contributed by atoms with van der Waals surface area (Å²) < 4.78 is 25.6. The molecule has 2 saturated heterocycles. The zero-order valence-corrected chi connectivity index (χ0v) is 12.1. The number of hydrogen-bond acceptors (Lipinski definition) is 4. The lowest BCUT2D eigenvalue weighted by Crippen LogP contribution is -2.55. The van der Waals surface area contributed by atoms with Gasteiger partial charge in [-0.05, 0) is 19.1 Å². The fourth-order valence-corrected chi connectivity index (χ4v) is 3.25. The Kier molecular flexibility index (Phi) is 3.94. The van der Waals surface area contributed by atoms with Crippen LogP contribution in [0.5, 0.6) is 0 Å². The van der Waals surface area contributed by atoms with Crippen LogP contribution in [0.4, 0.5) is 4.39 Å². The molecule has 0 bridgehead atoms. The molecule has 1 aromatic rings. The second-order valence-corrected chi connectivity index (χ2v) is 6.00. The highest BCUT2D eigenvalue weighted by Crippen LogP contribution is 2.30. The van der Waals surface area contributed by atoms with Crippen molar-refractivity contribution in [3.05, 3.63) is 35.1 Å². The number of morpholine rings is 1. The largest absolute Gasteiger partial charge is 0.378 e. The molecule has 2 aliphatic heterocycles. The van der Waals surface area contributed by atoms with E-state index in [1.54, 1.807) is 12.1 Å². The highest BCUT2D eigenvalue weighted by Gasteiger charge is 2.42. The SMILES string of the molecule is C[C@H]1CN(Cc2ccc(C#N)cc2F)C[C@]2(CCOC2)O1. The number of benzene rings is 1. The van der Waals surface area contributed by atoms with Crippen LogP contribution in [-0.4, -0.2) is 42.9 Å². The number of nitriles is 1. The Hall–Kier alpha value is -1.48. The van der Waals surface area contributed by atoms with Gasteiger partial charge in [0.05, 0.1) is 24.3 Å². The smallest absolute Gasteiger partial charge is 0.129 e. The maximum Gasteiger partial charge on any atom is 0.129 e. The standard InChI is InChI=1S/C16H19FN2O2/c1-12-8-19(10-16(21-12)4-5-20-11-16)9-14-3-2-13(7-18)6-15(14)17/h2-3,6,12H,4-5,8-11H2,1H3/t12-,16-/m0/s1. The first-order valence-electron chi connectivity index (χ1n) is 7.27. The van der Waals surface area contributed by atoms with Gasteiger partial charge in [0, 0.05) is 38.2 Å². The van der Waals surface area contributed by atoms with Crippen molar-refractivity contribution in [3.8, 4) is 6.07 Å². The summed E-state index contributed by atoms with van der Waals surface area (Å²) >= 11 is 0. The zero-order valence-electron chi connectivity index (χ0n) is 12.1. The van der Waals surface area contributed by atoms with Crippen LogP contribution in [-0.2, 0) is 16.0 Å². The van der Waals surface area contributed by atoms with E-state index in [4.69, 9.17) is 14.7 Å². The molecule has 0 aromatic heterocycles. The van der Waals surface area contributed by atoms with Crippen LogP contribution in [0.1, 0.15) is 24.5 Å². The lowest BCUT2D eigenvalue weighted by atomic mass is 9.98. The van der Waals surface area contributed by atoms with Crippen molar-refractivity contribution >= 4 is 0 Å². The van der Waals surface area contributed by atoms with E-state index in [0.717, 1.165) is 26.1 Å². The van der Waals surface area contributed by atoms with Crippen molar-refractivity contribution in [2.75, 3.05) is 26.3 Å². The van der Waals surface area contributed by atoms with E-state index < -0.39 is 0 Å². The molecule has 1 spiro atoms. The summed E-state index contributed by atoms with van der Waals surface area (Å²) in [5.74, 6) is -0.315. The van der Waals surface area contributed by atoms with E-state index in [-0.39, 0.29) is 17.5 Å². The first-order valence-corrected chi connectivity index (χ1v) is 7.27. The molecule has 21 heavy (non-hydrogen) atoms. The Morgan fingerprint density at radius 1 is 1.52 bits per heavy atom. The second-order valence-electron chi connectivity index (χ2n) is 6.00. The molecule has 2 atom stereocenters. The molecule has 3 rings (SSSR count). The van der Waals surface area contributed by atoms with Gasteiger partial charge in [-0.1, -0.05) is 6.07 Å². The topological polar surface area (TPSA) is 45.5 Å². The fourth-order valence-electron chi connectivity index (χ4n) is 3.25. The molecule has 0 unspecified atom stereocenters. The molecule has 2 heterocycles. The van der Waals surface area contributed by atoms with Crippen LogP contribution in [0.25, 0.3) is 0 Å². The molecule has 0 amide bonds. The molecule has 0 saturated carbocycles. The summed E-state index contributed by atoms with van der Waals surface area (Å²) in [6.07, 6.45) is 1.01. The summed E-state index contributed by atoms with van der Waals surface area (Å²) in [6.45, 7) is 5.46. The Balaban J connectivity index is 1.73. The summed E-state index contributed by atoms with van der Waals surface area (Å²) in [5.41, 5.74) is 0.741. The summed E-state index contributed by atoms with van der Waals surface area (Å²) in [4.78, 5) is 2.22. The van der Waals surface area contributed by atoms with Gasteiger partial charge in [-0.3, -0.25) is 4.90 Å². The highest BCUT2D eigenvalue weighted by molar-refractivity contribution is 5.32. The van der Waals surface area contributed by atoms with Crippen molar-refractivity contribution < 1.29 is 13.9 Å². The van der Waals surface area contributed by atoms with Gasteiger partial charge in [0.25, 0.3) is 0 Å². The molecule has 112 valence electrons. The number of nitrogens with zero attached hydrogens (tertiary/aromatic N) is 2. The summed E-state index contributed by atoms with van der Waals surface area (Å²) in [5, 5.41) is 8.79. The zero-order chi connectivity index (χ0) is 14.9. The van der Waals surface area contributed by atoms with Gasteiger partial charge in [0.2, 0.25) is 0 Å². The minimum atomic E-state index is -0.315. The average molecular weight is 290 g/mol. The first-order chi connectivity index (χ1) is 10.1. The van der Waals surface area contributed by atoms with E-state index in [1.807, 2.05) is 13.0 Å². The molecule has 2 aliphatic rings. The first kappa shape index (κ1) is 14.5. The van der Waals surface area contributed by atoms with Crippen molar-refractivity contribution in [1.82, 2.24) is 4.90 Å². The normalized spacial score (nSPS) is 29.7. The maximum atomic E-state index is 14.0. The van der Waals surface area contributed by atoms with E-state index in [9.17, 15) is 4.39 Å². The Morgan fingerprint density at radius 2 is 2.38 bits per heavy atom. The molecule has 5 heteroatoms. The third-order valence-corrected chi connectivity index (χ3v) is 4.12. The third kappa shape index (κ3) is 3.08. The number of rotatable bonds is 2. The number of halogens is 1. The molecule has 4 nitrogen and oxygen atoms in total. The van der Waals surface area contributed by atoms with Crippen LogP contribution in [0.15, 0.2) is 18.2 Å². The lowest BCUT2D eigenvalue weighted by Gasteiger charge is -2.43. The summed E-state index contributed by atoms with van der Waals surface area (Å²) in [7, 11) is 0.